The predicted molar refractivity (Wildman–Crippen MR) is 72.0 cm³/mol. The average Bonchev–Trinajstić information content (AvgIpc) is 2.75. The molecule has 1 aromatic carbocycles. The van der Waals surface area contributed by atoms with Crippen molar-refractivity contribution in [3.8, 4) is 0 Å². The highest BCUT2D eigenvalue weighted by Gasteiger charge is 2.25. The molecule has 0 spiro atoms. The summed E-state index contributed by atoms with van der Waals surface area (Å²) >= 11 is 12.0. The Morgan fingerprint density at radius 3 is 2.89 bits per heavy atom. The highest BCUT2D eigenvalue weighted by Crippen LogP contribution is 2.34. The molecule has 1 aromatic heterocycles. The lowest BCUT2D eigenvalue weighted by Crippen LogP contribution is -2.20. The first kappa shape index (κ1) is 11.8. The molecule has 1 atom stereocenters. The van der Waals surface area contributed by atoms with Gasteiger partial charge >= 0.3 is 0 Å². The van der Waals surface area contributed by atoms with Gasteiger partial charge in [0.2, 0.25) is 0 Å². The van der Waals surface area contributed by atoms with E-state index < -0.39 is 0 Å². The zero-order valence-corrected chi connectivity index (χ0v) is 11.1. The summed E-state index contributed by atoms with van der Waals surface area (Å²) in [5.74, 6) is 0.528. The number of benzene rings is 1. The van der Waals surface area contributed by atoms with Crippen LogP contribution < -0.4 is 5.73 Å². The minimum absolute atomic E-state index is 0.147. The second kappa shape index (κ2) is 4.44. The van der Waals surface area contributed by atoms with E-state index in [2.05, 4.69) is 10.3 Å². The number of hydrogen-bond donors (Lipinski definition) is 1. The molecule has 1 aliphatic heterocycles. The number of hydrogen-bond acceptors (Lipinski definition) is 3. The van der Waals surface area contributed by atoms with Gasteiger partial charge in [0.05, 0.1) is 21.8 Å². The van der Waals surface area contributed by atoms with Gasteiger partial charge in [-0.05, 0) is 37.0 Å². The van der Waals surface area contributed by atoms with Gasteiger partial charge in [-0.25, -0.2) is 4.68 Å². The minimum Gasteiger partial charge on any atom is -0.381 e. The molecular formula is C12H12Cl2N4. The van der Waals surface area contributed by atoms with Crippen LogP contribution in [0.1, 0.15) is 30.1 Å². The van der Waals surface area contributed by atoms with Gasteiger partial charge in [0.25, 0.3) is 0 Å². The lowest BCUT2D eigenvalue weighted by Gasteiger charge is -2.24. The molecule has 1 aliphatic rings. The fraction of sp³-hybridized carbons (Fsp3) is 0.333. The van der Waals surface area contributed by atoms with E-state index in [1.54, 1.807) is 0 Å². The summed E-state index contributed by atoms with van der Waals surface area (Å²) in [6.45, 7) is 0. The van der Waals surface area contributed by atoms with Crippen molar-refractivity contribution in [1.29, 1.82) is 0 Å². The van der Waals surface area contributed by atoms with Crippen molar-refractivity contribution in [3.63, 3.8) is 0 Å². The summed E-state index contributed by atoms with van der Waals surface area (Å²) in [7, 11) is 0. The molecule has 0 saturated carbocycles. The van der Waals surface area contributed by atoms with Gasteiger partial charge in [-0.3, -0.25) is 0 Å². The first-order valence-electron chi connectivity index (χ1n) is 5.81. The van der Waals surface area contributed by atoms with E-state index in [0.29, 0.717) is 15.9 Å². The maximum absolute atomic E-state index is 6.06. The molecule has 18 heavy (non-hydrogen) atoms. The summed E-state index contributed by atoms with van der Waals surface area (Å²) in [5.41, 5.74) is 7.92. The van der Waals surface area contributed by atoms with Crippen molar-refractivity contribution in [2.45, 2.75) is 25.3 Å². The van der Waals surface area contributed by atoms with Crippen molar-refractivity contribution in [1.82, 2.24) is 15.0 Å². The number of nitrogens with zero attached hydrogens (tertiary/aromatic N) is 3. The average molecular weight is 283 g/mol. The second-order valence-corrected chi connectivity index (χ2v) is 5.26. The quantitative estimate of drug-likeness (QED) is 0.875. The van der Waals surface area contributed by atoms with Crippen LogP contribution in [0.2, 0.25) is 10.0 Å². The summed E-state index contributed by atoms with van der Waals surface area (Å²) < 4.78 is 1.90. The first-order chi connectivity index (χ1) is 8.66. The molecule has 2 heterocycles. The normalized spacial score (nSPS) is 18.7. The largest absolute Gasteiger partial charge is 0.381 e. The van der Waals surface area contributed by atoms with Crippen LogP contribution >= 0.6 is 23.2 Å². The van der Waals surface area contributed by atoms with Gasteiger partial charge in [-0.1, -0.05) is 34.5 Å². The fourth-order valence-corrected chi connectivity index (χ4v) is 2.74. The molecule has 0 bridgehead atoms. The van der Waals surface area contributed by atoms with Gasteiger partial charge in [0.1, 0.15) is 0 Å². The SMILES string of the molecule is Nc1nnn2c1CCCC2c1ccc(Cl)c(Cl)c1. The van der Waals surface area contributed by atoms with E-state index in [4.69, 9.17) is 28.9 Å². The van der Waals surface area contributed by atoms with Gasteiger partial charge in [0.15, 0.2) is 5.82 Å². The number of nitrogen functional groups attached to an aromatic ring is 1. The van der Waals surface area contributed by atoms with Crippen LogP contribution in [0.4, 0.5) is 5.82 Å². The smallest absolute Gasteiger partial charge is 0.169 e. The molecular weight excluding hydrogens is 271 g/mol. The van der Waals surface area contributed by atoms with Crippen LogP contribution in [0.5, 0.6) is 0 Å². The number of halogens is 2. The lowest BCUT2D eigenvalue weighted by atomic mass is 9.96. The molecule has 2 aromatic rings. The third kappa shape index (κ3) is 1.85. The maximum Gasteiger partial charge on any atom is 0.169 e. The number of nitrogens with two attached hydrogens (primary N) is 1. The molecule has 0 amide bonds. The van der Waals surface area contributed by atoms with Crippen molar-refractivity contribution in [3.05, 3.63) is 39.5 Å². The van der Waals surface area contributed by atoms with Crippen LogP contribution in [0, 0.1) is 0 Å². The van der Waals surface area contributed by atoms with Gasteiger partial charge in [0, 0.05) is 0 Å². The molecule has 2 N–H and O–H groups in total. The Morgan fingerprint density at radius 1 is 1.28 bits per heavy atom. The van der Waals surface area contributed by atoms with E-state index >= 15 is 0 Å². The first-order valence-corrected chi connectivity index (χ1v) is 6.57. The standard InChI is InChI=1S/C12H12Cl2N4/c13-8-5-4-7(6-9(8)14)10-2-1-3-11-12(15)16-17-18(10)11/h4-6,10H,1-3,15H2. The highest BCUT2D eigenvalue weighted by molar-refractivity contribution is 6.42. The zero-order valence-electron chi connectivity index (χ0n) is 9.61. The topological polar surface area (TPSA) is 56.7 Å². The Balaban J connectivity index is 2.05. The fourth-order valence-electron chi connectivity index (χ4n) is 2.43. The number of aromatic nitrogens is 3. The van der Waals surface area contributed by atoms with Crippen LogP contribution in [-0.4, -0.2) is 15.0 Å². The Kier molecular flexibility index (Phi) is 2.92. The maximum atomic E-state index is 6.06. The van der Waals surface area contributed by atoms with E-state index in [0.717, 1.165) is 30.5 Å². The summed E-state index contributed by atoms with van der Waals surface area (Å²) in [6.07, 6.45) is 3.01. The molecule has 4 nitrogen and oxygen atoms in total. The highest BCUT2D eigenvalue weighted by atomic mass is 35.5. The number of anilines is 1. The molecule has 6 heteroatoms. The van der Waals surface area contributed by atoms with Crippen molar-refractivity contribution >= 4 is 29.0 Å². The molecule has 3 rings (SSSR count). The van der Waals surface area contributed by atoms with Crippen molar-refractivity contribution in [2.75, 3.05) is 5.73 Å². The van der Waals surface area contributed by atoms with E-state index in [9.17, 15) is 0 Å². The lowest BCUT2D eigenvalue weighted by molar-refractivity contribution is 0.409. The zero-order chi connectivity index (χ0) is 12.7. The predicted octanol–water partition coefficient (Wildman–Crippen LogP) is 3.09. The van der Waals surface area contributed by atoms with Crippen LogP contribution in [0.3, 0.4) is 0 Å². The third-order valence-electron chi connectivity index (χ3n) is 3.34. The van der Waals surface area contributed by atoms with E-state index in [1.165, 1.54) is 0 Å². The monoisotopic (exact) mass is 282 g/mol. The third-order valence-corrected chi connectivity index (χ3v) is 4.07. The van der Waals surface area contributed by atoms with Crippen molar-refractivity contribution < 1.29 is 0 Å². The summed E-state index contributed by atoms with van der Waals surface area (Å²) in [4.78, 5) is 0. The molecule has 0 aliphatic carbocycles. The van der Waals surface area contributed by atoms with E-state index in [-0.39, 0.29) is 6.04 Å². The van der Waals surface area contributed by atoms with Gasteiger partial charge in [-0.2, -0.15) is 0 Å². The Bertz CT molecular complexity index is 594. The number of rotatable bonds is 1. The molecule has 0 fully saturated rings. The Morgan fingerprint density at radius 2 is 2.11 bits per heavy atom. The summed E-state index contributed by atoms with van der Waals surface area (Å²) in [6, 6.07) is 5.83. The van der Waals surface area contributed by atoms with Gasteiger partial charge in [-0.15, -0.1) is 5.10 Å². The Hall–Kier alpha value is -1.26. The van der Waals surface area contributed by atoms with Crippen LogP contribution in [0.25, 0.3) is 0 Å². The minimum atomic E-state index is 0.147. The van der Waals surface area contributed by atoms with Crippen LogP contribution in [0.15, 0.2) is 18.2 Å². The van der Waals surface area contributed by atoms with Gasteiger partial charge < -0.3 is 5.73 Å². The molecule has 0 saturated heterocycles. The summed E-state index contributed by atoms with van der Waals surface area (Å²) in [5, 5.41) is 9.21. The number of fused-ring (bicyclic) bond motifs is 1. The van der Waals surface area contributed by atoms with Crippen molar-refractivity contribution in [2.24, 2.45) is 0 Å². The molecule has 1 unspecified atom stereocenters. The van der Waals surface area contributed by atoms with E-state index in [1.807, 2.05) is 22.9 Å². The molecule has 0 radical (unpaired) electrons. The second-order valence-electron chi connectivity index (χ2n) is 4.45. The molecule has 94 valence electrons. The van der Waals surface area contributed by atoms with Crippen LogP contribution in [-0.2, 0) is 6.42 Å². The Labute approximate surface area is 115 Å².